The Kier molecular flexibility index (Phi) is 6.39. The molecule has 140 valence electrons. The summed E-state index contributed by atoms with van der Waals surface area (Å²) < 4.78 is 7.74. The first-order valence-electron chi connectivity index (χ1n) is 8.47. The minimum absolute atomic E-state index is 0.145. The highest BCUT2D eigenvalue weighted by atomic mass is 35.5. The molecule has 9 heteroatoms. The van der Waals surface area contributed by atoms with Crippen molar-refractivity contribution >= 4 is 35.0 Å². The molecule has 26 heavy (non-hydrogen) atoms. The van der Waals surface area contributed by atoms with E-state index in [1.165, 1.54) is 11.8 Å². The molecule has 1 aromatic carbocycles. The molecule has 2 aromatic rings. The summed E-state index contributed by atoms with van der Waals surface area (Å²) >= 11 is 7.47. The number of primary amides is 1. The smallest absolute Gasteiger partial charge is 0.227 e. The van der Waals surface area contributed by atoms with Gasteiger partial charge in [-0.2, -0.15) is 0 Å². The Morgan fingerprint density at radius 2 is 2.35 bits per heavy atom. The molecule has 2 heterocycles. The van der Waals surface area contributed by atoms with Crippen molar-refractivity contribution in [3.8, 4) is 0 Å². The van der Waals surface area contributed by atoms with Crippen LogP contribution in [0.5, 0.6) is 0 Å². The van der Waals surface area contributed by atoms with Gasteiger partial charge in [0.05, 0.1) is 24.9 Å². The lowest BCUT2D eigenvalue weighted by molar-refractivity contribution is -0.115. The predicted molar refractivity (Wildman–Crippen MR) is 102 cm³/mol. The quantitative estimate of drug-likeness (QED) is 0.667. The number of nitrogens with zero attached hydrogens (tertiary/aromatic N) is 3. The molecular weight excluding hydrogens is 374 g/mol. The molecule has 1 fully saturated rings. The third-order valence-electron chi connectivity index (χ3n) is 4.17. The van der Waals surface area contributed by atoms with Gasteiger partial charge in [0, 0.05) is 17.3 Å². The number of anilines is 1. The Hall–Kier alpha value is -1.77. The fourth-order valence-electron chi connectivity index (χ4n) is 2.75. The van der Waals surface area contributed by atoms with Crippen molar-refractivity contribution in [1.82, 2.24) is 14.8 Å². The predicted octanol–water partition coefficient (Wildman–Crippen LogP) is 2.61. The van der Waals surface area contributed by atoms with E-state index < -0.39 is 0 Å². The number of rotatable bonds is 8. The van der Waals surface area contributed by atoms with Crippen molar-refractivity contribution in [2.24, 2.45) is 5.73 Å². The van der Waals surface area contributed by atoms with Crippen LogP contribution in [0.2, 0.25) is 5.02 Å². The van der Waals surface area contributed by atoms with E-state index in [4.69, 9.17) is 22.1 Å². The van der Waals surface area contributed by atoms with Crippen molar-refractivity contribution in [3.63, 3.8) is 0 Å². The second kappa shape index (κ2) is 8.75. The van der Waals surface area contributed by atoms with Gasteiger partial charge < -0.3 is 20.4 Å². The average molecular weight is 396 g/mol. The molecule has 1 aliphatic rings. The van der Waals surface area contributed by atoms with Gasteiger partial charge in [-0.25, -0.2) is 0 Å². The molecule has 0 radical (unpaired) electrons. The average Bonchev–Trinajstić information content (AvgIpc) is 3.25. The van der Waals surface area contributed by atoms with Crippen LogP contribution in [0.1, 0.15) is 24.2 Å². The molecule has 0 bridgehead atoms. The van der Waals surface area contributed by atoms with Gasteiger partial charge in [-0.05, 0) is 37.5 Å². The van der Waals surface area contributed by atoms with E-state index in [-0.39, 0.29) is 17.8 Å². The van der Waals surface area contributed by atoms with Gasteiger partial charge >= 0.3 is 0 Å². The summed E-state index contributed by atoms with van der Waals surface area (Å²) in [5.74, 6) is 0.574. The summed E-state index contributed by atoms with van der Waals surface area (Å²) in [5, 5.41) is 13.2. The molecule has 1 unspecified atom stereocenters. The van der Waals surface area contributed by atoms with Crippen LogP contribution in [0.3, 0.4) is 0 Å². The molecular formula is C17H22ClN5O2S. The summed E-state index contributed by atoms with van der Waals surface area (Å²) in [6, 6.07) is 5.83. The number of halogens is 1. The van der Waals surface area contributed by atoms with Crippen LogP contribution in [0, 0.1) is 6.92 Å². The van der Waals surface area contributed by atoms with Crippen molar-refractivity contribution in [2.45, 2.75) is 44.1 Å². The van der Waals surface area contributed by atoms with Gasteiger partial charge in [0.15, 0.2) is 11.0 Å². The summed E-state index contributed by atoms with van der Waals surface area (Å²) in [7, 11) is 0. The number of aromatic nitrogens is 3. The number of hydrogen-bond acceptors (Lipinski definition) is 6. The van der Waals surface area contributed by atoms with E-state index in [0.717, 1.165) is 36.5 Å². The van der Waals surface area contributed by atoms with E-state index in [2.05, 4.69) is 15.5 Å². The summed E-state index contributed by atoms with van der Waals surface area (Å²) in [4.78, 5) is 11.1. The molecule has 7 nitrogen and oxygen atoms in total. The topological polar surface area (TPSA) is 95.1 Å². The maximum atomic E-state index is 11.1. The van der Waals surface area contributed by atoms with Crippen LogP contribution in [0.15, 0.2) is 23.4 Å². The number of carbonyl (C=O) groups is 1. The van der Waals surface area contributed by atoms with Crippen molar-refractivity contribution < 1.29 is 9.53 Å². The van der Waals surface area contributed by atoms with E-state index in [9.17, 15) is 4.79 Å². The van der Waals surface area contributed by atoms with Crippen molar-refractivity contribution in [1.29, 1.82) is 0 Å². The van der Waals surface area contributed by atoms with Crippen LogP contribution >= 0.6 is 23.4 Å². The standard InChI is InChI=1S/C17H22ClN5O2S/c1-11-4-5-12(7-14(11)18)20-8-16-21-22-17(26-10-15(19)24)23(16)9-13-3-2-6-25-13/h4-5,7,13,20H,2-3,6,8-10H2,1H3,(H2,19,24). The van der Waals surface area contributed by atoms with Gasteiger partial charge in [0.1, 0.15) is 0 Å². The monoisotopic (exact) mass is 395 g/mol. The molecule has 0 spiro atoms. The molecule has 3 N–H and O–H groups in total. The third-order valence-corrected chi connectivity index (χ3v) is 5.57. The second-order valence-electron chi connectivity index (χ2n) is 6.22. The second-order valence-corrected chi connectivity index (χ2v) is 7.57. The molecule has 0 saturated carbocycles. The maximum Gasteiger partial charge on any atom is 0.227 e. The molecule has 1 amide bonds. The zero-order valence-electron chi connectivity index (χ0n) is 14.6. The number of aryl methyl sites for hydroxylation is 1. The fourth-order valence-corrected chi connectivity index (χ4v) is 3.64. The highest BCUT2D eigenvalue weighted by Gasteiger charge is 2.21. The van der Waals surface area contributed by atoms with Crippen LogP contribution in [0.4, 0.5) is 5.69 Å². The highest BCUT2D eigenvalue weighted by Crippen LogP contribution is 2.23. The zero-order chi connectivity index (χ0) is 18.5. The number of ether oxygens (including phenoxy) is 1. The van der Waals surface area contributed by atoms with Crippen molar-refractivity contribution in [3.05, 3.63) is 34.6 Å². The molecule has 0 aliphatic carbocycles. The van der Waals surface area contributed by atoms with Gasteiger partial charge in [0.2, 0.25) is 5.91 Å². The number of carbonyl (C=O) groups excluding carboxylic acids is 1. The number of nitrogens with one attached hydrogen (secondary N) is 1. The Labute approximate surface area is 161 Å². The summed E-state index contributed by atoms with van der Waals surface area (Å²) in [5.41, 5.74) is 7.20. The molecule has 1 atom stereocenters. The largest absolute Gasteiger partial charge is 0.378 e. The minimum Gasteiger partial charge on any atom is -0.378 e. The Bertz CT molecular complexity index is 777. The van der Waals surface area contributed by atoms with E-state index >= 15 is 0 Å². The minimum atomic E-state index is -0.379. The van der Waals surface area contributed by atoms with Gasteiger partial charge in [0.25, 0.3) is 0 Å². The normalized spacial score (nSPS) is 16.8. The lowest BCUT2D eigenvalue weighted by Gasteiger charge is -2.15. The maximum absolute atomic E-state index is 11.1. The SMILES string of the molecule is Cc1ccc(NCc2nnc(SCC(N)=O)n2CC2CCCO2)cc1Cl. The lowest BCUT2D eigenvalue weighted by atomic mass is 10.2. The lowest BCUT2D eigenvalue weighted by Crippen LogP contribution is -2.20. The van der Waals surface area contributed by atoms with Gasteiger partial charge in [-0.1, -0.05) is 29.4 Å². The van der Waals surface area contributed by atoms with Crippen LogP contribution in [-0.4, -0.2) is 39.1 Å². The first-order chi connectivity index (χ1) is 12.5. The molecule has 1 aromatic heterocycles. The Morgan fingerprint density at radius 3 is 3.04 bits per heavy atom. The van der Waals surface area contributed by atoms with Crippen LogP contribution in [-0.2, 0) is 22.6 Å². The van der Waals surface area contributed by atoms with E-state index in [1.807, 2.05) is 29.7 Å². The molecule has 3 rings (SSSR count). The first kappa shape index (κ1) is 19.0. The number of amides is 1. The number of nitrogens with two attached hydrogens (primary N) is 1. The highest BCUT2D eigenvalue weighted by molar-refractivity contribution is 7.99. The first-order valence-corrected chi connectivity index (χ1v) is 9.84. The van der Waals surface area contributed by atoms with Gasteiger partial charge in [-0.3, -0.25) is 4.79 Å². The number of benzene rings is 1. The Balaban J connectivity index is 1.73. The number of thioether (sulfide) groups is 1. The zero-order valence-corrected chi connectivity index (χ0v) is 16.1. The third kappa shape index (κ3) is 4.90. The fraction of sp³-hybridized carbons (Fsp3) is 0.471. The summed E-state index contributed by atoms with van der Waals surface area (Å²) in [6.45, 7) is 3.91. The summed E-state index contributed by atoms with van der Waals surface area (Å²) in [6.07, 6.45) is 2.22. The van der Waals surface area contributed by atoms with Crippen LogP contribution < -0.4 is 11.1 Å². The van der Waals surface area contributed by atoms with Gasteiger partial charge in [-0.15, -0.1) is 10.2 Å². The molecule has 1 aliphatic heterocycles. The number of hydrogen-bond donors (Lipinski definition) is 2. The van der Waals surface area contributed by atoms with E-state index in [0.29, 0.717) is 23.3 Å². The van der Waals surface area contributed by atoms with Crippen LogP contribution in [0.25, 0.3) is 0 Å². The van der Waals surface area contributed by atoms with Crippen molar-refractivity contribution in [2.75, 3.05) is 17.7 Å². The van der Waals surface area contributed by atoms with E-state index in [1.54, 1.807) is 0 Å². The Morgan fingerprint density at radius 1 is 1.50 bits per heavy atom. The molecule has 1 saturated heterocycles.